The maximum Gasteiger partial charge on any atom is 0.224 e. The van der Waals surface area contributed by atoms with Crippen LogP contribution in [0.2, 0.25) is 0 Å². The van der Waals surface area contributed by atoms with Crippen molar-refractivity contribution in [3.05, 3.63) is 0 Å². The normalized spacial score (nSPS) is 28.2. The van der Waals surface area contributed by atoms with Gasteiger partial charge in [0.15, 0.2) is 0 Å². The van der Waals surface area contributed by atoms with Crippen LogP contribution < -0.4 is 16.8 Å². The van der Waals surface area contributed by atoms with Crippen LogP contribution in [-0.2, 0) is 9.59 Å². The van der Waals surface area contributed by atoms with E-state index in [0.29, 0.717) is 0 Å². The van der Waals surface area contributed by atoms with Gasteiger partial charge in [0.25, 0.3) is 0 Å². The first-order chi connectivity index (χ1) is 7.93. The van der Waals surface area contributed by atoms with E-state index in [1.165, 1.54) is 0 Å². The zero-order chi connectivity index (χ0) is 13.0. The molecule has 1 saturated carbocycles. The quantitative estimate of drug-likeness (QED) is 0.652. The lowest BCUT2D eigenvalue weighted by Gasteiger charge is -2.31. The van der Waals surface area contributed by atoms with Gasteiger partial charge in [0.1, 0.15) is 0 Å². The maximum atomic E-state index is 11.9. The van der Waals surface area contributed by atoms with Gasteiger partial charge in [-0.1, -0.05) is 19.8 Å². The molecule has 98 valence electrons. The van der Waals surface area contributed by atoms with Crippen molar-refractivity contribution in [3.8, 4) is 0 Å². The van der Waals surface area contributed by atoms with Crippen LogP contribution in [-0.4, -0.2) is 23.9 Å². The number of carbonyl (C=O) groups excluding carboxylic acids is 2. The highest BCUT2D eigenvalue weighted by molar-refractivity contribution is 5.82. The van der Waals surface area contributed by atoms with Crippen molar-refractivity contribution in [3.63, 3.8) is 0 Å². The van der Waals surface area contributed by atoms with Crippen molar-refractivity contribution in [2.75, 3.05) is 0 Å². The number of nitrogens with two attached hydrogens (primary N) is 2. The molecule has 2 amide bonds. The van der Waals surface area contributed by atoms with Crippen LogP contribution in [0.25, 0.3) is 0 Å². The number of primary amides is 1. The lowest BCUT2D eigenvalue weighted by atomic mass is 9.83. The first kappa shape index (κ1) is 14.0. The molecule has 0 radical (unpaired) electrons. The predicted octanol–water partition coefficient (Wildman–Crippen LogP) is 0.130. The number of hydrogen-bond acceptors (Lipinski definition) is 3. The number of amides is 2. The van der Waals surface area contributed by atoms with Gasteiger partial charge in [-0.05, 0) is 19.8 Å². The molecule has 0 aromatic rings. The summed E-state index contributed by atoms with van der Waals surface area (Å²) in [5, 5.41) is 2.91. The van der Waals surface area contributed by atoms with E-state index in [0.717, 1.165) is 25.7 Å². The van der Waals surface area contributed by atoms with E-state index in [1.54, 1.807) is 13.8 Å². The van der Waals surface area contributed by atoms with Crippen LogP contribution >= 0.6 is 0 Å². The van der Waals surface area contributed by atoms with Gasteiger partial charge < -0.3 is 16.8 Å². The minimum atomic E-state index is -0.316. The largest absolute Gasteiger partial charge is 0.369 e. The molecule has 1 fully saturated rings. The fourth-order valence-electron chi connectivity index (χ4n) is 2.20. The summed E-state index contributed by atoms with van der Waals surface area (Å²) in [6, 6.07) is -0.305. The molecular formula is C12H23N3O2. The maximum absolute atomic E-state index is 11.9. The van der Waals surface area contributed by atoms with Crippen molar-refractivity contribution in [2.24, 2.45) is 23.3 Å². The summed E-state index contributed by atoms with van der Waals surface area (Å²) in [4.78, 5) is 23.2. The summed E-state index contributed by atoms with van der Waals surface area (Å²) in [5.41, 5.74) is 11.0. The zero-order valence-corrected chi connectivity index (χ0v) is 10.6. The van der Waals surface area contributed by atoms with Crippen molar-refractivity contribution in [1.29, 1.82) is 0 Å². The third-order valence-corrected chi connectivity index (χ3v) is 3.66. The first-order valence-electron chi connectivity index (χ1n) is 6.28. The Kier molecular flexibility index (Phi) is 4.93. The molecular weight excluding hydrogens is 218 g/mol. The lowest BCUT2D eigenvalue weighted by molar-refractivity contribution is -0.128. The minimum absolute atomic E-state index is 0.0850. The van der Waals surface area contributed by atoms with Gasteiger partial charge in [0, 0.05) is 18.0 Å². The summed E-state index contributed by atoms with van der Waals surface area (Å²) in [5.74, 6) is -0.875. The number of rotatable bonds is 4. The fourth-order valence-corrected chi connectivity index (χ4v) is 2.20. The van der Waals surface area contributed by atoms with E-state index >= 15 is 0 Å². The molecule has 5 heteroatoms. The highest BCUT2D eigenvalue weighted by Crippen LogP contribution is 2.24. The molecule has 0 spiro atoms. The molecule has 4 unspecified atom stereocenters. The Balaban J connectivity index is 2.59. The molecule has 0 saturated heterocycles. The molecule has 5 N–H and O–H groups in total. The highest BCUT2D eigenvalue weighted by atomic mass is 16.2. The average Bonchev–Trinajstić information content (AvgIpc) is 2.28. The molecule has 17 heavy (non-hydrogen) atoms. The summed E-state index contributed by atoms with van der Waals surface area (Å²) >= 11 is 0. The monoisotopic (exact) mass is 241 g/mol. The molecule has 1 aliphatic carbocycles. The average molecular weight is 241 g/mol. The number of carbonyl (C=O) groups is 2. The van der Waals surface area contributed by atoms with Crippen LogP contribution in [0.1, 0.15) is 39.5 Å². The Bertz CT molecular complexity index is 291. The minimum Gasteiger partial charge on any atom is -0.369 e. The predicted molar refractivity (Wildman–Crippen MR) is 65.9 cm³/mol. The fraction of sp³-hybridized carbons (Fsp3) is 0.833. The van der Waals surface area contributed by atoms with Crippen LogP contribution in [0.3, 0.4) is 0 Å². The standard InChI is InChI=1S/C12H23N3O2/c1-7(8(2)13)12(17)15-10-6-4-3-5-9(10)11(14)16/h7-10H,3-6,13H2,1-2H3,(H2,14,16)(H,15,17). The first-order valence-corrected chi connectivity index (χ1v) is 6.28. The second kappa shape index (κ2) is 6.00. The van der Waals surface area contributed by atoms with Gasteiger partial charge in [-0.2, -0.15) is 0 Å². The van der Waals surface area contributed by atoms with Gasteiger partial charge in [0.05, 0.1) is 5.92 Å². The Morgan fingerprint density at radius 2 is 1.82 bits per heavy atom. The lowest BCUT2D eigenvalue weighted by Crippen LogP contribution is -2.50. The van der Waals surface area contributed by atoms with E-state index in [4.69, 9.17) is 11.5 Å². The van der Waals surface area contributed by atoms with Crippen LogP contribution in [0, 0.1) is 11.8 Å². The smallest absolute Gasteiger partial charge is 0.224 e. The van der Waals surface area contributed by atoms with Gasteiger partial charge in [0.2, 0.25) is 11.8 Å². The Hall–Kier alpha value is -1.10. The zero-order valence-electron chi connectivity index (χ0n) is 10.6. The molecule has 0 aromatic heterocycles. The van der Waals surface area contributed by atoms with E-state index in [1.807, 2.05) is 0 Å². The molecule has 1 aliphatic rings. The molecule has 0 bridgehead atoms. The van der Waals surface area contributed by atoms with Crippen molar-refractivity contribution >= 4 is 11.8 Å². The van der Waals surface area contributed by atoms with Crippen molar-refractivity contribution in [2.45, 2.75) is 51.6 Å². The van der Waals surface area contributed by atoms with Gasteiger partial charge >= 0.3 is 0 Å². The molecule has 5 nitrogen and oxygen atoms in total. The summed E-state index contributed by atoms with van der Waals surface area (Å²) in [6.07, 6.45) is 3.63. The Morgan fingerprint density at radius 1 is 1.24 bits per heavy atom. The Morgan fingerprint density at radius 3 is 2.35 bits per heavy atom. The van der Waals surface area contributed by atoms with E-state index in [9.17, 15) is 9.59 Å². The Labute approximate surface area is 102 Å². The van der Waals surface area contributed by atoms with Gasteiger partial charge in [-0.25, -0.2) is 0 Å². The SMILES string of the molecule is CC(N)C(C)C(=O)NC1CCCCC1C(N)=O. The molecule has 0 aliphatic heterocycles. The molecule has 4 atom stereocenters. The van der Waals surface area contributed by atoms with Gasteiger partial charge in [-0.15, -0.1) is 0 Å². The third kappa shape index (κ3) is 3.70. The van der Waals surface area contributed by atoms with Crippen molar-refractivity contribution < 1.29 is 9.59 Å². The van der Waals surface area contributed by atoms with Gasteiger partial charge in [-0.3, -0.25) is 9.59 Å². The summed E-state index contributed by atoms with van der Waals surface area (Å²) < 4.78 is 0. The third-order valence-electron chi connectivity index (χ3n) is 3.66. The van der Waals surface area contributed by atoms with E-state index in [2.05, 4.69) is 5.32 Å². The van der Waals surface area contributed by atoms with E-state index < -0.39 is 0 Å². The van der Waals surface area contributed by atoms with Crippen molar-refractivity contribution in [1.82, 2.24) is 5.32 Å². The van der Waals surface area contributed by atoms with Crippen LogP contribution in [0.4, 0.5) is 0 Å². The highest BCUT2D eigenvalue weighted by Gasteiger charge is 2.31. The molecule has 0 aromatic carbocycles. The van der Waals surface area contributed by atoms with Crippen LogP contribution in [0.5, 0.6) is 0 Å². The number of nitrogens with one attached hydrogen (secondary N) is 1. The molecule has 0 heterocycles. The summed E-state index contributed by atoms with van der Waals surface area (Å²) in [7, 11) is 0. The number of hydrogen-bond donors (Lipinski definition) is 3. The molecule has 1 rings (SSSR count). The second-order valence-corrected chi connectivity index (χ2v) is 5.06. The second-order valence-electron chi connectivity index (χ2n) is 5.06. The summed E-state index contributed by atoms with van der Waals surface area (Å²) in [6.45, 7) is 3.60. The van der Waals surface area contributed by atoms with E-state index in [-0.39, 0.29) is 35.7 Å². The van der Waals surface area contributed by atoms with Crippen LogP contribution in [0.15, 0.2) is 0 Å². The topological polar surface area (TPSA) is 98.2 Å².